The van der Waals surface area contributed by atoms with Gasteiger partial charge in [-0.3, -0.25) is 4.79 Å². The van der Waals surface area contributed by atoms with Gasteiger partial charge in [0.2, 0.25) is 26.0 Å². The Kier molecular flexibility index (Phi) is 5.75. The van der Waals surface area contributed by atoms with Gasteiger partial charge < -0.3 is 4.74 Å². The van der Waals surface area contributed by atoms with Gasteiger partial charge in [0.25, 0.3) is 0 Å². The van der Waals surface area contributed by atoms with Crippen molar-refractivity contribution in [3.63, 3.8) is 0 Å². The van der Waals surface area contributed by atoms with E-state index in [1.165, 1.54) is 19.1 Å². The Balaban J connectivity index is 2.56. The minimum absolute atomic E-state index is 0.00493. The summed E-state index contributed by atoms with van der Waals surface area (Å²) < 4.78 is 57.9. The van der Waals surface area contributed by atoms with Gasteiger partial charge in [0.05, 0.1) is 24.0 Å². The van der Waals surface area contributed by atoms with Crippen LogP contribution in [0.2, 0.25) is 0 Å². The minimum Gasteiger partial charge on any atom is -0.492 e. The summed E-state index contributed by atoms with van der Waals surface area (Å²) in [6, 6.07) is 3.90. The molecular formula is C15H22N2O6S2. The second-order valence-electron chi connectivity index (χ2n) is 5.74. The van der Waals surface area contributed by atoms with Crippen molar-refractivity contribution in [3.8, 4) is 5.75 Å². The van der Waals surface area contributed by atoms with Crippen LogP contribution < -0.4 is 13.8 Å². The van der Waals surface area contributed by atoms with Crippen LogP contribution in [0.1, 0.15) is 27.2 Å². The smallest absolute Gasteiger partial charge is 0.244 e. The average Bonchev–Trinajstić information content (AvgIpc) is 2.74. The van der Waals surface area contributed by atoms with Gasteiger partial charge in [0, 0.05) is 6.54 Å². The monoisotopic (exact) mass is 390 g/mol. The number of amides is 1. The SMILES string of the molecule is CCCNS(=O)(=O)c1cc(N2C(=O)C(C)CS2(=O)=O)ccc1OCC. The summed E-state index contributed by atoms with van der Waals surface area (Å²) >= 11 is 0. The first-order valence-electron chi connectivity index (χ1n) is 7.97. The van der Waals surface area contributed by atoms with Gasteiger partial charge in [0.1, 0.15) is 10.6 Å². The Labute approximate surface area is 148 Å². The number of carbonyl (C=O) groups is 1. The molecule has 0 radical (unpaired) electrons. The van der Waals surface area contributed by atoms with Crippen LogP contribution in [-0.4, -0.2) is 41.6 Å². The van der Waals surface area contributed by atoms with E-state index < -0.39 is 31.9 Å². The molecule has 10 heteroatoms. The highest BCUT2D eigenvalue weighted by atomic mass is 32.2. The van der Waals surface area contributed by atoms with E-state index in [0.717, 1.165) is 6.07 Å². The molecule has 1 aliphatic heterocycles. The molecule has 1 aromatic rings. The summed E-state index contributed by atoms with van der Waals surface area (Å²) in [6.45, 7) is 5.53. The van der Waals surface area contributed by atoms with Crippen molar-refractivity contribution in [2.75, 3.05) is 23.2 Å². The third kappa shape index (κ3) is 3.96. The first-order chi connectivity index (χ1) is 11.6. The lowest BCUT2D eigenvalue weighted by atomic mass is 10.2. The molecule has 25 heavy (non-hydrogen) atoms. The number of nitrogens with one attached hydrogen (secondary N) is 1. The molecule has 0 aliphatic carbocycles. The topological polar surface area (TPSA) is 110 Å². The van der Waals surface area contributed by atoms with Crippen LogP contribution in [0.4, 0.5) is 5.69 Å². The second-order valence-corrected chi connectivity index (χ2v) is 9.34. The molecule has 1 unspecified atom stereocenters. The van der Waals surface area contributed by atoms with Crippen LogP contribution in [0.15, 0.2) is 23.1 Å². The zero-order valence-electron chi connectivity index (χ0n) is 14.4. The van der Waals surface area contributed by atoms with Crippen molar-refractivity contribution < 1.29 is 26.4 Å². The number of sulfonamides is 2. The highest BCUT2D eigenvalue weighted by molar-refractivity contribution is 7.94. The fourth-order valence-electron chi connectivity index (χ4n) is 2.51. The molecular weight excluding hydrogens is 368 g/mol. The van der Waals surface area contributed by atoms with E-state index in [0.29, 0.717) is 10.7 Å². The van der Waals surface area contributed by atoms with Crippen LogP contribution in [0.25, 0.3) is 0 Å². The predicted octanol–water partition coefficient (Wildman–Crippen LogP) is 1.09. The molecule has 1 heterocycles. The second kappa shape index (κ2) is 7.30. The van der Waals surface area contributed by atoms with Crippen LogP contribution in [0.3, 0.4) is 0 Å². The van der Waals surface area contributed by atoms with E-state index in [1.54, 1.807) is 6.92 Å². The van der Waals surface area contributed by atoms with Crippen LogP contribution in [-0.2, 0) is 24.8 Å². The number of ether oxygens (including phenoxy) is 1. The highest BCUT2D eigenvalue weighted by Crippen LogP contribution is 2.33. The normalized spacial score (nSPS) is 20.0. The van der Waals surface area contributed by atoms with Crippen molar-refractivity contribution in [1.82, 2.24) is 4.72 Å². The molecule has 1 amide bonds. The summed E-state index contributed by atoms with van der Waals surface area (Å²) in [5.41, 5.74) is -0.00493. The Morgan fingerprint density at radius 2 is 2.00 bits per heavy atom. The summed E-state index contributed by atoms with van der Waals surface area (Å²) in [5.74, 6) is -1.44. The summed E-state index contributed by atoms with van der Waals surface area (Å²) in [7, 11) is -7.72. The van der Waals surface area contributed by atoms with Gasteiger partial charge in [-0.15, -0.1) is 0 Å². The lowest BCUT2D eigenvalue weighted by Gasteiger charge is -2.18. The van der Waals surface area contributed by atoms with E-state index in [1.807, 2.05) is 6.92 Å². The van der Waals surface area contributed by atoms with Crippen molar-refractivity contribution in [2.45, 2.75) is 32.1 Å². The lowest BCUT2D eigenvalue weighted by molar-refractivity contribution is -0.119. The molecule has 2 rings (SSSR count). The predicted molar refractivity (Wildman–Crippen MR) is 93.5 cm³/mol. The lowest BCUT2D eigenvalue weighted by Crippen LogP contribution is -2.31. The quantitative estimate of drug-likeness (QED) is 0.746. The van der Waals surface area contributed by atoms with Crippen LogP contribution in [0, 0.1) is 5.92 Å². The highest BCUT2D eigenvalue weighted by Gasteiger charge is 2.42. The van der Waals surface area contributed by atoms with Gasteiger partial charge in [0.15, 0.2) is 0 Å². The summed E-state index contributed by atoms with van der Waals surface area (Å²) in [6.07, 6.45) is 0.597. The number of carbonyl (C=O) groups excluding carboxylic acids is 1. The zero-order chi connectivity index (χ0) is 18.8. The van der Waals surface area contributed by atoms with E-state index in [-0.39, 0.29) is 35.2 Å². The number of hydrogen-bond acceptors (Lipinski definition) is 6. The molecule has 140 valence electrons. The number of nitrogens with zero attached hydrogens (tertiary/aromatic N) is 1. The molecule has 8 nitrogen and oxygen atoms in total. The number of hydrogen-bond donors (Lipinski definition) is 1. The summed E-state index contributed by atoms with van der Waals surface area (Å²) in [5, 5.41) is 0. The maximum absolute atomic E-state index is 12.5. The molecule has 1 N–H and O–H groups in total. The number of benzene rings is 1. The molecule has 1 aromatic carbocycles. The van der Waals surface area contributed by atoms with Crippen molar-refractivity contribution in [2.24, 2.45) is 5.92 Å². The third-order valence-corrected chi connectivity index (χ3v) is 7.00. The van der Waals surface area contributed by atoms with E-state index in [9.17, 15) is 21.6 Å². The van der Waals surface area contributed by atoms with Crippen molar-refractivity contribution in [1.29, 1.82) is 0 Å². The maximum atomic E-state index is 12.5. The minimum atomic E-state index is -3.90. The fourth-order valence-corrected chi connectivity index (χ4v) is 5.62. The number of anilines is 1. The van der Waals surface area contributed by atoms with Gasteiger partial charge in [-0.25, -0.2) is 25.9 Å². The maximum Gasteiger partial charge on any atom is 0.244 e. The number of rotatable bonds is 7. The van der Waals surface area contributed by atoms with E-state index in [2.05, 4.69) is 4.72 Å². The molecule has 0 saturated carbocycles. The molecule has 1 atom stereocenters. The van der Waals surface area contributed by atoms with E-state index in [4.69, 9.17) is 4.74 Å². The van der Waals surface area contributed by atoms with Gasteiger partial charge >= 0.3 is 0 Å². The van der Waals surface area contributed by atoms with Gasteiger partial charge in [-0.2, -0.15) is 0 Å². The average molecular weight is 390 g/mol. The van der Waals surface area contributed by atoms with Crippen LogP contribution in [0.5, 0.6) is 5.75 Å². The first kappa shape index (κ1) is 19.7. The van der Waals surface area contributed by atoms with Gasteiger partial charge in [-0.05, 0) is 31.5 Å². The molecule has 1 aliphatic rings. The Morgan fingerprint density at radius 3 is 2.52 bits per heavy atom. The zero-order valence-corrected chi connectivity index (χ0v) is 16.0. The standard InChI is InChI=1S/C15H22N2O6S2/c1-4-8-16-25(21,22)14-9-12(6-7-13(14)23-5-2)17-15(18)11(3)10-24(17,19)20/h6-7,9,11,16H,4-5,8,10H2,1-3H3. The largest absolute Gasteiger partial charge is 0.492 e. The summed E-state index contributed by atoms with van der Waals surface area (Å²) in [4.78, 5) is 12.0. The molecule has 0 aromatic heterocycles. The Hall–Kier alpha value is -1.65. The van der Waals surface area contributed by atoms with Crippen molar-refractivity contribution in [3.05, 3.63) is 18.2 Å². The molecule has 0 bridgehead atoms. The van der Waals surface area contributed by atoms with Gasteiger partial charge in [-0.1, -0.05) is 13.8 Å². The first-order valence-corrected chi connectivity index (χ1v) is 11.1. The van der Waals surface area contributed by atoms with Crippen LogP contribution >= 0.6 is 0 Å². The Morgan fingerprint density at radius 1 is 1.32 bits per heavy atom. The Bertz CT molecular complexity index is 864. The third-order valence-electron chi connectivity index (χ3n) is 3.65. The van der Waals surface area contributed by atoms with E-state index >= 15 is 0 Å². The molecule has 0 spiro atoms. The molecule has 1 saturated heterocycles. The molecule has 1 fully saturated rings. The fraction of sp³-hybridized carbons (Fsp3) is 0.533. The van der Waals surface area contributed by atoms with Crippen molar-refractivity contribution >= 4 is 31.6 Å².